The number of aliphatic hydroxyl groups excluding tert-OH is 1. The Kier molecular flexibility index (Phi) is 4.27. The maximum atomic E-state index is 9.27. The molecule has 4 heteroatoms. The average Bonchev–Trinajstić information content (AvgIpc) is 2.98. The van der Waals surface area contributed by atoms with Crippen molar-refractivity contribution >= 4 is 21.9 Å². The molecule has 2 aromatic carbocycles. The Morgan fingerprint density at radius 1 is 1.08 bits per heavy atom. The summed E-state index contributed by atoms with van der Waals surface area (Å²) in [5.41, 5.74) is 3.21. The number of hydrogen-bond acceptors (Lipinski definition) is 4. The van der Waals surface area contributed by atoms with Gasteiger partial charge in [-0.2, -0.15) is 0 Å². The van der Waals surface area contributed by atoms with Crippen LogP contribution in [-0.2, 0) is 6.54 Å². The summed E-state index contributed by atoms with van der Waals surface area (Å²) in [7, 11) is 2.15. The first-order chi connectivity index (χ1) is 11.8. The molecule has 0 saturated carbocycles. The van der Waals surface area contributed by atoms with Crippen LogP contribution in [0.4, 0.5) is 0 Å². The van der Waals surface area contributed by atoms with Crippen LogP contribution in [0.25, 0.3) is 21.9 Å². The third-order valence-electron chi connectivity index (χ3n) is 5.20. The Labute approximate surface area is 142 Å². The lowest BCUT2D eigenvalue weighted by Crippen LogP contribution is -2.51. The zero-order chi connectivity index (χ0) is 16.5. The molecule has 1 fully saturated rings. The van der Waals surface area contributed by atoms with Gasteiger partial charge in [-0.15, -0.1) is 0 Å². The van der Waals surface area contributed by atoms with Crippen molar-refractivity contribution in [3.8, 4) is 0 Å². The molecule has 0 bridgehead atoms. The molecule has 1 aliphatic rings. The lowest BCUT2D eigenvalue weighted by molar-refractivity contribution is 0.0744. The first-order valence-electron chi connectivity index (χ1n) is 8.69. The Morgan fingerprint density at radius 3 is 2.79 bits per heavy atom. The number of aliphatic hydroxyl groups is 1. The van der Waals surface area contributed by atoms with Gasteiger partial charge < -0.3 is 14.4 Å². The van der Waals surface area contributed by atoms with Crippen molar-refractivity contribution in [1.82, 2.24) is 9.80 Å². The van der Waals surface area contributed by atoms with Gasteiger partial charge in [-0.1, -0.05) is 36.4 Å². The van der Waals surface area contributed by atoms with E-state index in [1.807, 2.05) is 12.1 Å². The summed E-state index contributed by atoms with van der Waals surface area (Å²) in [6.07, 6.45) is 0.835. The number of likely N-dealkylation sites (N-methyl/N-ethyl adjacent to an activating group) is 1. The normalized spacial score (nSPS) is 20.2. The minimum atomic E-state index is 0.252. The second-order valence-corrected chi connectivity index (χ2v) is 6.77. The van der Waals surface area contributed by atoms with Gasteiger partial charge in [0.05, 0.1) is 0 Å². The van der Waals surface area contributed by atoms with Crippen molar-refractivity contribution < 1.29 is 9.52 Å². The van der Waals surface area contributed by atoms with E-state index in [0.29, 0.717) is 6.04 Å². The van der Waals surface area contributed by atoms with Crippen LogP contribution in [0.3, 0.4) is 0 Å². The molecule has 126 valence electrons. The molecule has 4 nitrogen and oxygen atoms in total. The lowest BCUT2D eigenvalue weighted by atomic mass is 10.1. The van der Waals surface area contributed by atoms with Crippen LogP contribution >= 0.6 is 0 Å². The van der Waals surface area contributed by atoms with E-state index in [1.165, 1.54) is 16.3 Å². The number of piperazine rings is 1. The highest BCUT2D eigenvalue weighted by Crippen LogP contribution is 2.31. The summed E-state index contributed by atoms with van der Waals surface area (Å²) in [5.74, 6) is 0. The third kappa shape index (κ3) is 2.81. The van der Waals surface area contributed by atoms with Gasteiger partial charge in [-0.25, -0.2) is 0 Å². The van der Waals surface area contributed by atoms with E-state index in [0.717, 1.165) is 43.8 Å². The summed E-state index contributed by atoms with van der Waals surface area (Å²) in [5, 5.41) is 11.7. The SMILES string of the molecule is CN1CCN(Cc2cccc3c2oc2ccccc23)CC1CCO. The van der Waals surface area contributed by atoms with E-state index >= 15 is 0 Å². The van der Waals surface area contributed by atoms with E-state index in [9.17, 15) is 5.11 Å². The van der Waals surface area contributed by atoms with Crippen LogP contribution < -0.4 is 0 Å². The Bertz CT molecular complexity index is 842. The molecule has 1 aromatic heterocycles. The summed E-state index contributed by atoms with van der Waals surface area (Å²) < 4.78 is 6.14. The van der Waals surface area contributed by atoms with Crippen LogP contribution in [0.15, 0.2) is 46.9 Å². The maximum absolute atomic E-state index is 9.27. The highest BCUT2D eigenvalue weighted by atomic mass is 16.3. The van der Waals surface area contributed by atoms with E-state index < -0.39 is 0 Å². The van der Waals surface area contributed by atoms with Crippen molar-refractivity contribution in [2.75, 3.05) is 33.3 Å². The zero-order valence-electron chi connectivity index (χ0n) is 14.1. The molecule has 1 N–H and O–H groups in total. The summed E-state index contributed by atoms with van der Waals surface area (Å²) in [6, 6.07) is 15.1. The highest BCUT2D eigenvalue weighted by molar-refractivity contribution is 6.05. The fourth-order valence-corrected chi connectivity index (χ4v) is 3.79. The van der Waals surface area contributed by atoms with E-state index in [-0.39, 0.29) is 6.61 Å². The molecule has 0 aliphatic carbocycles. The van der Waals surface area contributed by atoms with Crippen molar-refractivity contribution in [2.24, 2.45) is 0 Å². The third-order valence-corrected chi connectivity index (χ3v) is 5.20. The lowest BCUT2D eigenvalue weighted by Gasteiger charge is -2.39. The second kappa shape index (κ2) is 6.55. The predicted octanol–water partition coefficient (Wildman–Crippen LogP) is 3.08. The Balaban J connectivity index is 1.62. The average molecular weight is 324 g/mol. The van der Waals surface area contributed by atoms with E-state index in [4.69, 9.17) is 4.42 Å². The van der Waals surface area contributed by atoms with Crippen molar-refractivity contribution in [2.45, 2.75) is 19.0 Å². The number of fused-ring (bicyclic) bond motifs is 3. The number of rotatable bonds is 4. The molecular weight excluding hydrogens is 300 g/mol. The molecule has 0 spiro atoms. The maximum Gasteiger partial charge on any atom is 0.139 e. The fraction of sp³-hybridized carbons (Fsp3) is 0.400. The van der Waals surface area contributed by atoms with E-state index in [1.54, 1.807) is 0 Å². The molecule has 3 aromatic rings. The standard InChI is InChI=1S/C20H24N2O2/c1-21-10-11-22(14-16(21)9-12-23)13-15-5-4-7-18-17-6-2-3-8-19(17)24-20(15)18/h2-8,16,23H,9-14H2,1H3. The summed E-state index contributed by atoms with van der Waals surface area (Å²) >= 11 is 0. The number of benzene rings is 2. The number of furan rings is 1. The molecule has 1 saturated heterocycles. The quantitative estimate of drug-likeness (QED) is 0.800. The minimum Gasteiger partial charge on any atom is -0.456 e. The van der Waals surface area contributed by atoms with Crippen LogP contribution in [0, 0.1) is 0 Å². The molecule has 1 atom stereocenters. The predicted molar refractivity (Wildman–Crippen MR) is 97.1 cm³/mol. The molecular formula is C20H24N2O2. The molecule has 4 rings (SSSR count). The van der Waals surface area contributed by atoms with Crippen molar-refractivity contribution in [3.63, 3.8) is 0 Å². The van der Waals surface area contributed by atoms with Gasteiger partial charge >= 0.3 is 0 Å². The number of hydrogen-bond donors (Lipinski definition) is 1. The van der Waals surface area contributed by atoms with Crippen molar-refractivity contribution in [3.05, 3.63) is 48.0 Å². The Hall–Kier alpha value is -1.88. The first-order valence-corrected chi connectivity index (χ1v) is 8.69. The van der Waals surface area contributed by atoms with E-state index in [2.05, 4.69) is 47.2 Å². The van der Waals surface area contributed by atoms with Crippen LogP contribution in [0.2, 0.25) is 0 Å². The smallest absolute Gasteiger partial charge is 0.139 e. The van der Waals surface area contributed by atoms with Gasteiger partial charge in [0.2, 0.25) is 0 Å². The molecule has 1 aliphatic heterocycles. The van der Waals surface area contributed by atoms with Crippen molar-refractivity contribution in [1.29, 1.82) is 0 Å². The molecule has 1 unspecified atom stereocenters. The van der Waals surface area contributed by atoms with Gasteiger partial charge in [-0.05, 0) is 19.5 Å². The van der Waals surface area contributed by atoms with Gasteiger partial charge in [0, 0.05) is 55.2 Å². The number of nitrogens with zero attached hydrogens (tertiary/aromatic N) is 2. The molecule has 24 heavy (non-hydrogen) atoms. The van der Waals surface area contributed by atoms with Gasteiger partial charge in [0.1, 0.15) is 11.2 Å². The molecule has 0 radical (unpaired) electrons. The topological polar surface area (TPSA) is 39.9 Å². The van der Waals surface area contributed by atoms with Gasteiger partial charge in [0.15, 0.2) is 0 Å². The minimum absolute atomic E-state index is 0.252. The van der Waals surface area contributed by atoms with Crippen LogP contribution in [-0.4, -0.2) is 54.2 Å². The second-order valence-electron chi connectivity index (χ2n) is 6.77. The van der Waals surface area contributed by atoms with Gasteiger partial charge in [0.25, 0.3) is 0 Å². The zero-order valence-corrected chi connectivity index (χ0v) is 14.1. The summed E-state index contributed by atoms with van der Waals surface area (Å²) in [6.45, 7) is 4.23. The largest absolute Gasteiger partial charge is 0.456 e. The fourth-order valence-electron chi connectivity index (χ4n) is 3.79. The van der Waals surface area contributed by atoms with Crippen LogP contribution in [0.5, 0.6) is 0 Å². The molecule has 0 amide bonds. The molecule has 2 heterocycles. The van der Waals surface area contributed by atoms with Crippen LogP contribution in [0.1, 0.15) is 12.0 Å². The number of para-hydroxylation sites is 2. The first kappa shape index (κ1) is 15.6. The summed E-state index contributed by atoms with van der Waals surface area (Å²) in [4.78, 5) is 4.83. The highest BCUT2D eigenvalue weighted by Gasteiger charge is 2.24. The Morgan fingerprint density at radius 2 is 1.92 bits per heavy atom. The van der Waals surface area contributed by atoms with Gasteiger partial charge in [-0.3, -0.25) is 4.90 Å². The monoisotopic (exact) mass is 324 g/mol.